The maximum absolute atomic E-state index is 10.5. The second-order valence-electron chi connectivity index (χ2n) is 10.4. The number of ether oxygens (including phenoxy) is 1. The first kappa shape index (κ1) is 18.3. The summed E-state index contributed by atoms with van der Waals surface area (Å²) < 4.78 is 5.98. The third-order valence-electron chi connectivity index (χ3n) is 8.26. The first-order valence-corrected chi connectivity index (χ1v) is 11.1. The average Bonchev–Trinajstić information content (AvgIpc) is 2.54. The molecule has 5 aliphatic rings. The zero-order chi connectivity index (χ0) is 17.4. The molecule has 1 heterocycles. The molecule has 3 heteroatoms. The molecule has 0 radical (unpaired) electrons. The minimum absolute atomic E-state index is 0.297. The Balaban J connectivity index is 1.18. The quantitative estimate of drug-likeness (QED) is 0.692. The molecular formula is C22H40NO2+. The fraction of sp³-hybridized carbons (Fsp3) is 1.00. The summed E-state index contributed by atoms with van der Waals surface area (Å²) in [6.07, 6.45) is 13.9. The van der Waals surface area contributed by atoms with Crippen LogP contribution in [-0.4, -0.2) is 43.1 Å². The number of nitrogens with one attached hydrogen (secondary N) is 1. The molecule has 4 aliphatic carbocycles. The third-order valence-corrected chi connectivity index (χ3v) is 8.26. The molecule has 0 amide bonds. The van der Waals surface area contributed by atoms with E-state index in [1.807, 2.05) is 0 Å². The molecule has 3 nitrogen and oxygen atoms in total. The summed E-state index contributed by atoms with van der Waals surface area (Å²) >= 11 is 0. The first-order chi connectivity index (χ1) is 12.0. The van der Waals surface area contributed by atoms with Gasteiger partial charge in [-0.3, -0.25) is 0 Å². The average molecular weight is 351 g/mol. The Hall–Kier alpha value is -0.120. The van der Waals surface area contributed by atoms with E-state index in [2.05, 4.69) is 13.8 Å². The first-order valence-electron chi connectivity index (χ1n) is 11.1. The number of hydrogen-bond acceptors (Lipinski definition) is 2. The topological polar surface area (TPSA) is 33.9 Å². The van der Waals surface area contributed by atoms with Crippen molar-refractivity contribution in [2.45, 2.75) is 96.2 Å². The van der Waals surface area contributed by atoms with E-state index in [0.717, 1.165) is 30.9 Å². The molecule has 4 bridgehead atoms. The van der Waals surface area contributed by atoms with E-state index in [4.69, 9.17) is 4.74 Å². The lowest BCUT2D eigenvalue weighted by atomic mass is 9.49. The van der Waals surface area contributed by atoms with Gasteiger partial charge in [0.1, 0.15) is 12.6 Å². The van der Waals surface area contributed by atoms with Crippen LogP contribution >= 0.6 is 0 Å². The van der Waals surface area contributed by atoms with E-state index in [1.54, 1.807) is 4.90 Å². The predicted octanol–water partition coefficient (Wildman–Crippen LogP) is 2.82. The zero-order valence-corrected chi connectivity index (χ0v) is 16.5. The Morgan fingerprint density at radius 3 is 2.12 bits per heavy atom. The minimum atomic E-state index is -0.297. The molecule has 0 unspecified atom stereocenters. The van der Waals surface area contributed by atoms with Crippen molar-refractivity contribution in [3.8, 4) is 0 Å². The van der Waals surface area contributed by atoms with Crippen LogP contribution in [0.25, 0.3) is 0 Å². The molecule has 25 heavy (non-hydrogen) atoms. The lowest BCUT2D eigenvalue weighted by Crippen LogP contribution is -3.20. The molecule has 3 atom stereocenters. The summed E-state index contributed by atoms with van der Waals surface area (Å²) in [7, 11) is 0. The molecule has 5 fully saturated rings. The highest BCUT2D eigenvalue weighted by Gasteiger charge is 2.50. The van der Waals surface area contributed by atoms with Gasteiger partial charge in [0.25, 0.3) is 0 Å². The number of piperidine rings is 1. The van der Waals surface area contributed by atoms with Gasteiger partial charge in [-0.15, -0.1) is 0 Å². The molecule has 0 aromatic heterocycles. The van der Waals surface area contributed by atoms with E-state index >= 15 is 0 Å². The molecule has 5 rings (SSSR count). The van der Waals surface area contributed by atoms with Crippen molar-refractivity contribution < 1.29 is 14.7 Å². The molecule has 1 saturated heterocycles. The summed E-state index contributed by atoms with van der Waals surface area (Å²) in [5, 5.41) is 10.5. The minimum Gasteiger partial charge on any atom is -0.385 e. The smallest absolute Gasteiger partial charge is 0.126 e. The van der Waals surface area contributed by atoms with Crippen LogP contribution in [0.4, 0.5) is 0 Å². The maximum atomic E-state index is 10.5. The number of rotatable bonds is 7. The molecule has 0 aromatic rings. The van der Waals surface area contributed by atoms with Gasteiger partial charge in [0.05, 0.1) is 18.7 Å². The van der Waals surface area contributed by atoms with Gasteiger partial charge < -0.3 is 14.7 Å². The van der Waals surface area contributed by atoms with Gasteiger partial charge in [0, 0.05) is 6.61 Å². The van der Waals surface area contributed by atoms with Crippen LogP contribution in [0.3, 0.4) is 0 Å². The number of hydrogen-bond donors (Lipinski definition) is 2. The second kappa shape index (κ2) is 7.48. The highest BCUT2D eigenvalue weighted by Crippen LogP contribution is 2.61. The molecule has 2 N–H and O–H groups in total. The van der Waals surface area contributed by atoms with E-state index in [0.29, 0.717) is 24.1 Å². The van der Waals surface area contributed by atoms with Crippen LogP contribution < -0.4 is 4.90 Å². The Kier molecular flexibility index (Phi) is 5.46. The standard InChI is InChI=1S/C22H39NO2/c1-16-4-3-5-17(2)23(16)14-21(24)15-25-7-6-22-11-18-8-19(12-22)10-20(9-18)13-22/h16-21,24H,3-15H2,1-2H3/p+1/t16-,17-,18?,19?,20?,21+,22?/m1/s1. The van der Waals surface area contributed by atoms with Crippen LogP contribution in [-0.2, 0) is 4.74 Å². The largest absolute Gasteiger partial charge is 0.385 e. The molecule has 4 saturated carbocycles. The van der Waals surface area contributed by atoms with Gasteiger partial charge in [0.15, 0.2) is 0 Å². The monoisotopic (exact) mass is 350 g/mol. The summed E-state index contributed by atoms with van der Waals surface area (Å²) in [6.45, 7) is 6.94. The fourth-order valence-electron chi connectivity index (χ4n) is 7.42. The van der Waals surface area contributed by atoms with Crippen molar-refractivity contribution in [1.82, 2.24) is 0 Å². The van der Waals surface area contributed by atoms with E-state index < -0.39 is 0 Å². The highest BCUT2D eigenvalue weighted by molar-refractivity contribution is 5.01. The molecule has 0 aromatic carbocycles. The molecule has 144 valence electrons. The normalized spacial score (nSPS) is 45.0. The third kappa shape index (κ3) is 4.09. The lowest BCUT2D eigenvalue weighted by molar-refractivity contribution is -0.954. The molecule has 0 spiro atoms. The molecular weight excluding hydrogens is 310 g/mol. The second-order valence-corrected chi connectivity index (χ2v) is 10.4. The van der Waals surface area contributed by atoms with Gasteiger partial charge in [-0.2, -0.15) is 0 Å². The number of likely N-dealkylation sites (tertiary alicyclic amines) is 1. The van der Waals surface area contributed by atoms with E-state index in [-0.39, 0.29) is 6.10 Å². The fourth-order valence-corrected chi connectivity index (χ4v) is 7.42. The van der Waals surface area contributed by atoms with Crippen molar-refractivity contribution in [3.05, 3.63) is 0 Å². The summed E-state index contributed by atoms with van der Waals surface area (Å²) in [5.41, 5.74) is 0.612. The van der Waals surface area contributed by atoms with Gasteiger partial charge in [-0.05, 0) is 101 Å². The SMILES string of the molecule is C[C@@H]1CCC[C@@H](C)[NH+]1C[C@H](O)COCCC12CC3CC(CC(C3)C1)C2. The van der Waals surface area contributed by atoms with E-state index in [9.17, 15) is 5.11 Å². The van der Waals surface area contributed by atoms with Crippen LogP contribution in [0.5, 0.6) is 0 Å². The summed E-state index contributed by atoms with van der Waals surface area (Å²) in [6, 6.07) is 1.37. The lowest BCUT2D eigenvalue weighted by Gasteiger charge is -2.57. The van der Waals surface area contributed by atoms with Crippen molar-refractivity contribution >= 4 is 0 Å². The number of quaternary nitrogens is 1. The Bertz CT molecular complexity index is 406. The van der Waals surface area contributed by atoms with Crippen LogP contribution in [0.15, 0.2) is 0 Å². The zero-order valence-electron chi connectivity index (χ0n) is 16.5. The van der Waals surface area contributed by atoms with Crippen molar-refractivity contribution in [2.24, 2.45) is 23.2 Å². The van der Waals surface area contributed by atoms with Gasteiger partial charge in [-0.25, -0.2) is 0 Å². The van der Waals surface area contributed by atoms with Crippen molar-refractivity contribution in [2.75, 3.05) is 19.8 Å². The van der Waals surface area contributed by atoms with E-state index in [1.165, 1.54) is 64.2 Å². The summed E-state index contributed by atoms with van der Waals surface area (Å²) in [5.74, 6) is 3.09. The molecule has 1 aliphatic heterocycles. The number of aliphatic hydroxyl groups is 1. The van der Waals surface area contributed by atoms with Gasteiger partial charge >= 0.3 is 0 Å². The van der Waals surface area contributed by atoms with Crippen LogP contribution in [0.2, 0.25) is 0 Å². The summed E-state index contributed by atoms with van der Waals surface area (Å²) in [4.78, 5) is 1.59. The Morgan fingerprint density at radius 2 is 1.56 bits per heavy atom. The predicted molar refractivity (Wildman–Crippen MR) is 101 cm³/mol. The van der Waals surface area contributed by atoms with Crippen molar-refractivity contribution in [1.29, 1.82) is 0 Å². The van der Waals surface area contributed by atoms with Crippen LogP contribution in [0, 0.1) is 23.2 Å². The highest BCUT2D eigenvalue weighted by atomic mass is 16.5. The van der Waals surface area contributed by atoms with Crippen molar-refractivity contribution in [3.63, 3.8) is 0 Å². The maximum Gasteiger partial charge on any atom is 0.126 e. The Labute approximate surface area is 154 Å². The van der Waals surface area contributed by atoms with Crippen LogP contribution in [0.1, 0.15) is 78.1 Å². The van der Waals surface area contributed by atoms with Gasteiger partial charge in [0.2, 0.25) is 0 Å². The van der Waals surface area contributed by atoms with Gasteiger partial charge in [-0.1, -0.05) is 0 Å². The number of aliphatic hydroxyl groups excluding tert-OH is 1. The Morgan fingerprint density at radius 1 is 1.00 bits per heavy atom.